The smallest absolute Gasteiger partial charge is 0.141 e. The van der Waals surface area contributed by atoms with Gasteiger partial charge in [0.25, 0.3) is 0 Å². The summed E-state index contributed by atoms with van der Waals surface area (Å²) in [4.78, 5) is 10.00. The molecule has 1 aromatic rings. The number of benzene rings is 1. The van der Waals surface area contributed by atoms with Crippen LogP contribution in [0.15, 0.2) is 18.2 Å². The Labute approximate surface area is 85.6 Å². The number of phenolic OH excluding ortho intramolecular Hbond substituents is 1. The van der Waals surface area contributed by atoms with Gasteiger partial charge in [-0.15, -0.1) is 0 Å². The number of rotatable bonds is 3. The van der Waals surface area contributed by atoms with Gasteiger partial charge in [0.15, 0.2) is 0 Å². The van der Waals surface area contributed by atoms with Crippen LogP contribution in [0.4, 0.5) is 4.39 Å². The van der Waals surface area contributed by atoms with Crippen molar-refractivity contribution in [2.75, 3.05) is 0 Å². The van der Waals surface area contributed by atoms with E-state index in [1.165, 1.54) is 12.2 Å². The highest BCUT2D eigenvalue weighted by Gasteiger charge is 2.05. The van der Waals surface area contributed by atoms with Gasteiger partial charge in [0.2, 0.25) is 0 Å². The summed E-state index contributed by atoms with van der Waals surface area (Å²) in [6.45, 7) is 0. The van der Waals surface area contributed by atoms with Gasteiger partial charge in [-0.05, 0) is 12.1 Å². The van der Waals surface area contributed by atoms with Gasteiger partial charge >= 0.3 is 0 Å². The van der Waals surface area contributed by atoms with Crippen LogP contribution in [0.3, 0.4) is 0 Å². The topological polar surface area (TPSA) is 37.3 Å². The minimum atomic E-state index is -0.529. The molecule has 0 aliphatic carbocycles. The average Bonchev–Trinajstić information content (AvgIpc) is 2.13. The Morgan fingerprint density at radius 2 is 2.21 bits per heavy atom. The van der Waals surface area contributed by atoms with E-state index >= 15 is 0 Å². The van der Waals surface area contributed by atoms with E-state index in [0.717, 1.165) is 12.1 Å². The first-order valence-corrected chi connectivity index (χ1v) is 4.31. The van der Waals surface area contributed by atoms with Crippen molar-refractivity contribution in [2.24, 2.45) is 0 Å². The zero-order chi connectivity index (χ0) is 10.6. The molecule has 0 atom stereocenters. The number of aldehydes is 1. The molecule has 0 aliphatic heterocycles. The molecule has 1 aromatic carbocycles. The van der Waals surface area contributed by atoms with Gasteiger partial charge in [-0.1, -0.05) is 23.8 Å². The first-order valence-electron chi connectivity index (χ1n) is 3.93. The van der Waals surface area contributed by atoms with Crippen LogP contribution in [-0.2, 0) is 4.79 Å². The molecule has 14 heavy (non-hydrogen) atoms. The van der Waals surface area contributed by atoms with Crippen LogP contribution in [0.25, 0.3) is 6.08 Å². The van der Waals surface area contributed by atoms with E-state index in [2.05, 4.69) is 0 Å². The van der Waals surface area contributed by atoms with E-state index in [0.29, 0.717) is 6.29 Å². The standard InChI is InChI=1S/C10H8ClFO2/c11-9-6-8(12)5-7(10(9)14)3-1-2-4-13/h1,3-6,14H,2H2. The molecule has 0 saturated heterocycles. The van der Waals surface area contributed by atoms with Gasteiger partial charge in [0.1, 0.15) is 17.9 Å². The van der Waals surface area contributed by atoms with Crippen molar-refractivity contribution >= 4 is 24.0 Å². The number of aromatic hydroxyl groups is 1. The van der Waals surface area contributed by atoms with Crippen molar-refractivity contribution in [1.82, 2.24) is 0 Å². The quantitative estimate of drug-likeness (QED) is 0.786. The fraction of sp³-hybridized carbons (Fsp3) is 0.100. The van der Waals surface area contributed by atoms with Crippen LogP contribution in [0.2, 0.25) is 5.02 Å². The highest BCUT2D eigenvalue weighted by Crippen LogP contribution is 2.29. The molecule has 0 spiro atoms. The molecule has 74 valence electrons. The van der Waals surface area contributed by atoms with Crippen LogP contribution < -0.4 is 0 Å². The zero-order valence-electron chi connectivity index (χ0n) is 7.21. The molecule has 1 rings (SSSR count). The summed E-state index contributed by atoms with van der Waals surface area (Å²) in [6.07, 6.45) is 3.87. The van der Waals surface area contributed by atoms with Crippen molar-refractivity contribution in [3.05, 3.63) is 34.6 Å². The Balaban J connectivity index is 3.01. The molecule has 2 nitrogen and oxygen atoms in total. The first-order chi connectivity index (χ1) is 6.65. The van der Waals surface area contributed by atoms with E-state index in [-0.39, 0.29) is 22.8 Å². The lowest BCUT2D eigenvalue weighted by Crippen LogP contribution is -1.81. The predicted octanol–water partition coefficient (Wildman–Crippen LogP) is 2.79. The second-order valence-corrected chi connectivity index (χ2v) is 3.04. The van der Waals surface area contributed by atoms with Crippen molar-refractivity contribution in [3.63, 3.8) is 0 Å². The molecule has 0 bridgehead atoms. The van der Waals surface area contributed by atoms with Crippen molar-refractivity contribution in [2.45, 2.75) is 6.42 Å². The summed E-state index contributed by atoms with van der Waals surface area (Å²) in [7, 11) is 0. The van der Waals surface area contributed by atoms with E-state index < -0.39 is 5.82 Å². The Hall–Kier alpha value is -1.35. The Morgan fingerprint density at radius 3 is 2.86 bits per heavy atom. The SMILES string of the molecule is O=CCC=Cc1cc(F)cc(Cl)c1O. The number of halogens is 2. The zero-order valence-corrected chi connectivity index (χ0v) is 7.96. The molecule has 1 N–H and O–H groups in total. The van der Waals surface area contributed by atoms with Crippen LogP contribution in [0, 0.1) is 5.82 Å². The normalized spacial score (nSPS) is 10.7. The maximum atomic E-state index is 12.8. The van der Waals surface area contributed by atoms with Crippen LogP contribution in [-0.4, -0.2) is 11.4 Å². The maximum absolute atomic E-state index is 12.8. The molecule has 0 aromatic heterocycles. The third-order valence-electron chi connectivity index (χ3n) is 1.59. The summed E-state index contributed by atoms with van der Waals surface area (Å²) < 4.78 is 12.8. The fourth-order valence-corrected chi connectivity index (χ4v) is 1.18. The van der Waals surface area contributed by atoms with Gasteiger partial charge in [0, 0.05) is 12.0 Å². The minimum Gasteiger partial charge on any atom is -0.506 e. The largest absolute Gasteiger partial charge is 0.506 e. The molecule has 0 fully saturated rings. The third kappa shape index (κ3) is 2.57. The second-order valence-electron chi connectivity index (χ2n) is 2.63. The van der Waals surface area contributed by atoms with E-state index in [1.807, 2.05) is 0 Å². The molecule has 0 unspecified atom stereocenters. The monoisotopic (exact) mass is 214 g/mol. The van der Waals surface area contributed by atoms with Gasteiger partial charge in [0.05, 0.1) is 5.02 Å². The predicted molar refractivity (Wildman–Crippen MR) is 52.8 cm³/mol. The number of phenols is 1. The number of carbonyl (C=O) groups excluding carboxylic acids is 1. The summed E-state index contributed by atoms with van der Waals surface area (Å²) in [5.74, 6) is -0.714. The maximum Gasteiger partial charge on any atom is 0.141 e. The summed E-state index contributed by atoms with van der Waals surface area (Å²) in [5, 5.41) is 9.34. The summed E-state index contributed by atoms with van der Waals surface area (Å²) in [5.41, 5.74) is 0.261. The van der Waals surface area contributed by atoms with Gasteiger partial charge < -0.3 is 9.90 Å². The minimum absolute atomic E-state index is 0.0456. The Kier molecular flexibility index (Phi) is 3.65. The molecule has 0 radical (unpaired) electrons. The molecular formula is C10H8ClFO2. The van der Waals surface area contributed by atoms with E-state index in [4.69, 9.17) is 11.6 Å². The van der Waals surface area contributed by atoms with Crippen molar-refractivity contribution in [1.29, 1.82) is 0 Å². The van der Waals surface area contributed by atoms with Crippen LogP contribution >= 0.6 is 11.6 Å². The number of allylic oxidation sites excluding steroid dienone is 1. The van der Waals surface area contributed by atoms with Crippen molar-refractivity contribution in [3.8, 4) is 5.75 Å². The first kappa shape index (κ1) is 10.7. The van der Waals surface area contributed by atoms with E-state index in [9.17, 15) is 14.3 Å². The highest BCUT2D eigenvalue weighted by molar-refractivity contribution is 6.32. The molecule has 0 amide bonds. The molecule has 0 saturated carbocycles. The van der Waals surface area contributed by atoms with Gasteiger partial charge in [-0.3, -0.25) is 0 Å². The van der Waals surface area contributed by atoms with Crippen LogP contribution in [0.5, 0.6) is 5.75 Å². The van der Waals surface area contributed by atoms with Gasteiger partial charge in [-0.25, -0.2) is 4.39 Å². The molecule has 0 aliphatic rings. The van der Waals surface area contributed by atoms with Crippen LogP contribution in [0.1, 0.15) is 12.0 Å². The average molecular weight is 215 g/mol. The lowest BCUT2D eigenvalue weighted by molar-refractivity contribution is -0.107. The third-order valence-corrected chi connectivity index (χ3v) is 1.88. The Bertz CT molecular complexity index is 375. The molecule has 4 heteroatoms. The van der Waals surface area contributed by atoms with Crippen molar-refractivity contribution < 1.29 is 14.3 Å². The highest BCUT2D eigenvalue weighted by atomic mass is 35.5. The van der Waals surface area contributed by atoms with E-state index in [1.54, 1.807) is 0 Å². The van der Waals surface area contributed by atoms with Gasteiger partial charge in [-0.2, -0.15) is 0 Å². The number of carbonyl (C=O) groups is 1. The number of hydrogen-bond donors (Lipinski definition) is 1. The summed E-state index contributed by atoms with van der Waals surface area (Å²) in [6, 6.07) is 2.16. The molecular weight excluding hydrogens is 207 g/mol. The lowest BCUT2D eigenvalue weighted by atomic mass is 10.1. The molecule has 0 heterocycles. The Morgan fingerprint density at radius 1 is 1.50 bits per heavy atom. The fourth-order valence-electron chi connectivity index (χ4n) is 0.963. The lowest BCUT2D eigenvalue weighted by Gasteiger charge is -2.01. The number of hydrogen-bond acceptors (Lipinski definition) is 2. The second kappa shape index (κ2) is 4.77. The summed E-state index contributed by atoms with van der Waals surface area (Å²) >= 11 is 5.54.